The Morgan fingerprint density at radius 2 is 0.384 bits per heavy atom. The first-order valence-electron chi connectivity index (χ1n) is 47.8. The third kappa shape index (κ3) is 10.1. The standard InChI is InChI=1S/2C67H38O2/c1-2-18-40-39(17-1)37-56(64-63(40)53-23-5-10-34-59(53)67(64)57-32-8-3-19-43(57)44-20-4-9-33-58(44)67)62-47-26-13-24-41(49-28-15-30-51-45-21-6-11-35-60(45)68-65(49)51)54(47)38-55-42(25-14-27-48(55)62)50-29-16-31-52-46-22-7-12-36-61(46)69-66(50)52;1-2-16-44-39(15-1)35-56(66-65(44)53-21-5-10-28-59(53)67(66)57-26-8-3-17-45(57)46-18-4-9-27-58(46)67)64-51-24-13-22-42(40-31-33-49-47-19-6-11-29-60(47)68-62(49)36-40)54(51)38-55-43(23-14-25-52(55)64)41-32-34-50-48-20-7-12-30-61(48)69-63(50)37-41/h2*1-38H. The molecule has 4 aliphatic rings. The van der Waals surface area contributed by atoms with Crippen molar-refractivity contribution in [1.29, 1.82) is 0 Å². The van der Waals surface area contributed by atoms with E-state index in [1.165, 1.54) is 165 Å². The molecule has 4 aliphatic carbocycles. The molecule has 0 aliphatic heterocycles. The van der Waals surface area contributed by atoms with Crippen LogP contribution in [0.4, 0.5) is 0 Å². The fourth-order valence-electron chi connectivity index (χ4n) is 25.9. The smallest absolute Gasteiger partial charge is 0.143 e. The molecule has 28 aromatic rings. The minimum atomic E-state index is -0.581. The highest BCUT2D eigenvalue weighted by Gasteiger charge is 2.56. The van der Waals surface area contributed by atoms with Gasteiger partial charge in [-0.15, -0.1) is 0 Å². The second-order valence-electron chi connectivity index (χ2n) is 37.8. The lowest BCUT2D eigenvalue weighted by Crippen LogP contribution is -2.26. The summed E-state index contributed by atoms with van der Waals surface area (Å²) in [5.41, 5.74) is 40.9. The molecule has 4 heterocycles. The molecule has 0 fully saturated rings. The first kappa shape index (κ1) is 75.6. The zero-order valence-corrected chi connectivity index (χ0v) is 74.5. The normalized spacial score (nSPS) is 13.3. The van der Waals surface area contributed by atoms with Crippen molar-refractivity contribution in [2.24, 2.45) is 0 Å². The van der Waals surface area contributed by atoms with Gasteiger partial charge in [0.2, 0.25) is 0 Å². The zero-order valence-electron chi connectivity index (χ0n) is 74.5. The topological polar surface area (TPSA) is 52.6 Å². The summed E-state index contributed by atoms with van der Waals surface area (Å²) in [6.07, 6.45) is 0. The summed E-state index contributed by atoms with van der Waals surface area (Å²) in [7, 11) is 0. The first-order valence-corrected chi connectivity index (χ1v) is 47.8. The van der Waals surface area contributed by atoms with Gasteiger partial charge in [0.25, 0.3) is 0 Å². The Morgan fingerprint density at radius 3 is 0.754 bits per heavy atom. The summed E-state index contributed by atoms with van der Waals surface area (Å²) in [4.78, 5) is 0. The third-order valence-corrected chi connectivity index (χ3v) is 31.3. The molecule has 0 saturated heterocycles. The number of benzene rings is 24. The predicted octanol–water partition coefficient (Wildman–Crippen LogP) is 36.6. The van der Waals surface area contributed by atoms with Crippen LogP contribution in [0.3, 0.4) is 0 Å². The minimum Gasteiger partial charge on any atom is -0.456 e. The summed E-state index contributed by atoms with van der Waals surface area (Å²) in [5, 5.41) is 23.4. The number of fused-ring (bicyclic) bond motifs is 40. The van der Waals surface area contributed by atoms with Crippen LogP contribution >= 0.6 is 0 Å². The van der Waals surface area contributed by atoms with Crippen LogP contribution in [0.15, 0.2) is 479 Å². The SMILES string of the molecule is c1ccc2c(c1)-c1ccccc1C21c2ccccc2-c2c1c(-c1c3cccc(-c4ccc5c(c4)oc4ccccc45)c3cc3c(-c4ccc5c(c4)oc4ccccc45)cccc13)cc1ccccc21.c1ccc2c(c1)-c1ccccc1C21c2ccccc2-c2c1c(-c1c3cccc(-c4cccc5c4oc4ccccc45)c3cc3c(-c4cccc5c4oc4ccccc45)cccc13)cc1ccccc21. The van der Waals surface area contributed by atoms with Crippen molar-refractivity contribution in [2.75, 3.05) is 0 Å². The van der Waals surface area contributed by atoms with Gasteiger partial charge < -0.3 is 17.7 Å². The largest absolute Gasteiger partial charge is 0.456 e. The Balaban J connectivity index is 0.000000128. The van der Waals surface area contributed by atoms with Crippen LogP contribution in [-0.2, 0) is 10.8 Å². The summed E-state index contributed by atoms with van der Waals surface area (Å²) < 4.78 is 26.7. The van der Waals surface area contributed by atoms with E-state index in [1.54, 1.807) is 0 Å². The van der Waals surface area contributed by atoms with Crippen LogP contribution in [0.25, 0.3) is 264 Å². The fourth-order valence-corrected chi connectivity index (χ4v) is 25.9. The van der Waals surface area contributed by atoms with Crippen molar-refractivity contribution in [2.45, 2.75) is 10.8 Å². The van der Waals surface area contributed by atoms with Crippen LogP contribution in [0.1, 0.15) is 44.5 Å². The molecular formula is C134H76O4. The minimum absolute atomic E-state index is 0.569. The monoisotopic (exact) mass is 1750 g/mol. The fraction of sp³-hybridized carbons (Fsp3) is 0.0149. The Kier molecular flexibility index (Phi) is 15.5. The summed E-state index contributed by atoms with van der Waals surface area (Å²) >= 11 is 0. The maximum atomic E-state index is 6.82. The van der Waals surface area contributed by atoms with Gasteiger partial charge in [0.1, 0.15) is 44.7 Å². The van der Waals surface area contributed by atoms with Gasteiger partial charge in [-0.1, -0.05) is 388 Å². The molecule has 0 radical (unpaired) electrons. The van der Waals surface area contributed by atoms with Gasteiger partial charge in [-0.05, 0) is 282 Å². The Labute approximate surface area is 792 Å². The van der Waals surface area contributed by atoms with Gasteiger partial charge in [-0.2, -0.15) is 0 Å². The molecule has 0 unspecified atom stereocenters. The van der Waals surface area contributed by atoms with Crippen molar-refractivity contribution >= 4 is 152 Å². The van der Waals surface area contributed by atoms with Crippen LogP contribution in [0.2, 0.25) is 0 Å². The van der Waals surface area contributed by atoms with Gasteiger partial charge >= 0.3 is 0 Å². The average molecular weight is 1750 g/mol. The molecular weight excluding hydrogens is 1670 g/mol. The molecule has 0 N–H and O–H groups in total. The lowest BCUT2D eigenvalue weighted by molar-refractivity contribution is 0.668. The van der Waals surface area contributed by atoms with Crippen molar-refractivity contribution in [3.63, 3.8) is 0 Å². The molecule has 4 heteroatoms. The van der Waals surface area contributed by atoms with E-state index < -0.39 is 10.8 Å². The molecule has 2 spiro atoms. The molecule has 0 saturated carbocycles. The predicted molar refractivity (Wildman–Crippen MR) is 572 cm³/mol. The highest BCUT2D eigenvalue weighted by molar-refractivity contribution is 6.27. The van der Waals surface area contributed by atoms with Gasteiger partial charge in [0.15, 0.2) is 0 Å². The average Bonchev–Trinajstić information content (AvgIpc) is 1.49. The van der Waals surface area contributed by atoms with Gasteiger partial charge in [-0.3, -0.25) is 0 Å². The lowest BCUT2D eigenvalue weighted by atomic mass is 9.68. The van der Waals surface area contributed by atoms with Crippen LogP contribution in [0.5, 0.6) is 0 Å². The number of furan rings is 4. The highest BCUT2D eigenvalue weighted by atomic mass is 16.3. The summed E-state index contributed by atoms with van der Waals surface area (Å²) in [6, 6.07) is 171. The van der Waals surface area contributed by atoms with Crippen molar-refractivity contribution in [1.82, 2.24) is 0 Å². The molecule has 0 atom stereocenters. The van der Waals surface area contributed by atoms with Crippen molar-refractivity contribution in [3.8, 4) is 111 Å². The Bertz CT molecular complexity index is 9850. The molecule has 4 aromatic heterocycles. The number of rotatable bonds is 6. The lowest BCUT2D eigenvalue weighted by Gasteiger charge is -2.33. The quantitative estimate of drug-likeness (QED) is 0.156. The zero-order chi connectivity index (χ0) is 89.9. The van der Waals surface area contributed by atoms with Gasteiger partial charge in [-0.25, -0.2) is 0 Å². The summed E-state index contributed by atoms with van der Waals surface area (Å²) in [5.74, 6) is 0. The number of para-hydroxylation sites is 6. The highest BCUT2D eigenvalue weighted by Crippen LogP contribution is 2.69. The van der Waals surface area contributed by atoms with Gasteiger partial charge in [0, 0.05) is 54.2 Å². The Morgan fingerprint density at radius 1 is 0.130 bits per heavy atom. The maximum absolute atomic E-state index is 6.82. The Hall–Kier alpha value is -18.0. The molecule has 24 aromatic carbocycles. The van der Waals surface area contributed by atoms with E-state index >= 15 is 0 Å². The van der Waals surface area contributed by atoms with E-state index in [1.807, 2.05) is 12.1 Å². The molecule has 32 rings (SSSR count). The molecule has 636 valence electrons. The van der Waals surface area contributed by atoms with Crippen molar-refractivity contribution < 1.29 is 17.7 Å². The van der Waals surface area contributed by atoms with Crippen molar-refractivity contribution in [3.05, 3.63) is 506 Å². The van der Waals surface area contributed by atoms with E-state index in [0.29, 0.717) is 0 Å². The van der Waals surface area contributed by atoms with E-state index in [0.717, 1.165) is 143 Å². The van der Waals surface area contributed by atoms with E-state index in [2.05, 4.69) is 449 Å². The summed E-state index contributed by atoms with van der Waals surface area (Å²) in [6.45, 7) is 0. The molecule has 4 nitrogen and oxygen atoms in total. The molecule has 0 amide bonds. The molecule has 0 bridgehead atoms. The van der Waals surface area contributed by atoms with Crippen LogP contribution in [-0.4, -0.2) is 0 Å². The van der Waals surface area contributed by atoms with Crippen LogP contribution in [0, 0.1) is 0 Å². The number of hydrogen-bond donors (Lipinski definition) is 0. The second kappa shape index (κ2) is 28.3. The van der Waals surface area contributed by atoms with Crippen LogP contribution < -0.4 is 0 Å². The third-order valence-electron chi connectivity index (χ3n) is 31.3. The maximum Gasteiger partial charge on any atom is 0.143 e. The molecule has 138 heavy (non-hydrogen) atoms. The van der Waals surface area contributed by atoms with E-state index in [-0.39, 0.29) is 0 Å². The second-order valence-corrected chi connectivity index (χ2v) is 37.8. The number of hydrogen-bond acceptors (Lipinski definition) is 4. The van der Waals surface area contributed by atoms with E-state index in [4.69, 9.17) is 17.7 Å². The first-order chi connectivity index (χ1) is 68.5. The van der Waals surface area contributed by atoms with Gasteiger partial charge in [0.05, 0.1) is 10.8 Å². The van der Waals surface area contributed by atoms with E-state index in [9.17, 15) is 0 Å².